The molecule has 0 saturated carbocycles. The molecule has 1 saturated heterocycles. The molecule has 1 amide bonds. The molecule has 1 heterocycles. The van der Waals surface area contributed by atoms with Crippen molar-refractivity contribution in [1.82, 2.24) is 4.90 Å². The van der Waals surface area contributed by atoms with Gasteiger partial charge in [-0.1, -0.05) is 66.2 Å². The number of carbonyl (C=O) groups is 2. The molecule has 8 heteroatoms. The van der Waals surface area contributed by atoms with E-state index >= 15 is 0 Å². The number of hydrogen-bond acceptors (Lipinski definition) is 4. The zero-order valence-electron chi connectivity index (χ0n) is 19.7. The summed E-state index contributed by atoms with van der Waals surface area (Å²) in [4.78, 5) is 26.2. The van der Waals surface area contributed by atoms with E-state index < -0.39 is 23.5 Å². The maximum absolute atomic E-state index is 14.2. The van der Waals surface area contributed by atoms with Crippen LogP contribution in [-0.2, 0) is 22.6 Å². The first-order valence-electron chi connectivity index (χ1n) is 11.7. The fourth-order valence-corrected chi connectivity index (χ4v) is 4.86. The van der Waals surface area contributed by atoms with Crippen LogP contribution in [0.4, 0.5) is 9.18 Å². The van der Waals surface area contributed by atoms with Gasteiger partial charge in [-0.15, -0.1) is 0 Å². The highest BCUT2D eigenvalue weighted by Gasteiger charge is 2.47. The normalized spacial score (nSPS) is 18.1. The van der Waals surface area contributed by atoms with Gasteiger partial charge in [0.2, 0.25) is 0 Å². The Morgan fingerprint density at radius 2 is 1.81 bits per heavy atom. The number of benzene rings is 3. The predicted molar refractivity (Wildman–Crippen MR) is 136 cm³/mol. The third-order valence-electron chi connectivity index (χ3n) is 6.61. The molecule has 1 aliphatic heterocycles. The number of aliphatic carboxylic acids is 1. The van der Waals surface area contributed by atoms with Gasteiger partial charge in [0.05, 0.1) is 5.41 Å². The molecule has 36 heavy (non-hydrogen) atoms. The van der Waals surface area contributed by atoms with Crippen LogP contribution in [0.5, 0.6) is 0 Å². The highest BCUT2D eigenvalue weighted by Crippen LogP contribution is 2.36. The fourth-order valence-electron chi connectivity index (χ4n) is 4.68. The van der Waals surface area contributed by atoms with Crippen molar-refractivity contribution in [2.75, 3.05) is 13.1 Å². The van der Waals surface area contributed by atoms with Crippen LogP contribution in [0.25, 0.3) is 11.1 Å². The third-order valence-corrected chi connectivity index (χ3v) is 6.85. The van der Waals surface area contributed by atoms with Crippen LogP contribution in [0, 0.1) is 11.2 Å². The van der Waals surface area contributed by atoms with E-state index in [0.717, 1.165) is 11.1 Å². The minimum Gasteiger partial charge on any atom is -0.481 e. The van der Waals surface area contributed by atoms with E-state index in [-0.39, 0.29) is 25.4 Å². The Morgan fingerprint density at radius 3 is 2.50 bits per heavy atom. The second kappa shape index (κ2) is 11.1. The minimum atomic E-state index is -1.13. The summed E-state index contributed by atoms with van der Waals surface area (Å²) in [6.45, 7) is 0.480. The van der Waals surface area contributed by atoms with Gasteiger partial charge in [-0.2, -0.15) is 0 Å². The van der Waals surface area contributed by atoms with E-state index in [1.54, 1.807) is 18.2 Å². The SMILES string of the molecule is N[C@@H](Cc1ccc(-c2cc(Cl)ccc2F)cc1)CC1(C(=O)O)CCN(C(=O)OCc2ccccc2)C1. The molecule has 0 aliphatic carbocycles. The molecule has 188 valence electrons. The van der Waals surface area contributed by atoms with Crippen molar-refractivity contribution in [3.8, 4) is 11.1 Å². The number of rotatable bonds is 8. The molecule has 4 rings (SSSR count). The van der Waals surface area contributed by atoms with E-state index in [4.69, 9.17) is 22.1 Å². The number of carboxylic acid groups (broad SMARTS) is 1. The van der Waals surface area contributed by atoms with Gasteiger partial charge >= 0.3 is 12.1 Å². The summed E-state index contributed by atoms with van der Waals surface area (Å²) in [5.74, 6) is -1.33. The van der Waals surface area contributed by atoms with Crippen molar-refractivity contribution in [3.63, 3.8) is 0 Å². The van der Waals surface area contributed by atoms with Gasteiger partial charge in [0.15, 0.2) is 0 Å². The molecular formula is C28H28ClFN2O4. The lowest BCUT2D eigenvalue weighted by molar-refractivity contribution is -0.148. The first kappa shape index (κ1) is 25.7. The summed E-state index contributed by atoms with van der Waals surface area (Å²) in [7, 11) is 0. The fraction of sp³-hybridized carbons (Fsp3) is 0.286. The summed E-state index contributed by atoms with van der Waals surface area (Å²) in [5.41, 5.74) is 8.12. The van der Waals surface area contributed by atoms with E-state index in [0.29, 0.717) is 35.5 Å². The van der Waals surface area contributed by atoms with E-state index in [9.17, 15) is 19.1 Å². The summed E-state index contributed by atoms with van der Waals surface area (Å²) in [6, 6.07) is 20.6. The monoisotopic (exact) mass is 510 g/mol. The van der Waals surface area contributed by atoms with Crippen LogP contribution in [-0.4, -0.2) is 41.2 Å². The average molecular weight is 511 g/mol. The highest BCUT2D eigenvalue weighted by molar-refractivity contribution is 6.30. The number of nitrogens with two attached hydrogens (primary N) is 1. The number of halogens is 2. The molecule has 3 aromatic rings. The molecule has 3 N–H and O–H groups in total. The Hall–Kier alpha value is -3.42. The lowest BCUT2D eigenvalue weighted by Gasteiger charge is -2.27. The Balaban J connectivity index is 1.36. The van der Waals surface area contributed by atoms with Gasteiger partial charge in [-0.05, 0) is 54.2 Å². The van der Waals surface area contributed by atoms with Gasteiger partial charge in [0.25, 0.3) is 0 Å². The number of carbonyl (C=O) groups excluding carboxylic acids is 1. The van der Waals surface area contributed by atoms with E-state index in [2.05, 4.69) is 0 Å². The Bertz CT molecular complexity index is 1220. The molecule has 1 fully saturated rings. The molecule has 3 aromatic carbocycles. The van der Waals surface area contributed by atoms with Crippen molar-refractivity contribution in [1.29, 1.82) is 0 Å². The zero-order chi connectivity index (χ0) is 25.7. The average Bonchev–Trinajstić information content (AvgIpc) is 3.30. The highest BCUT2D eigenvalue weighted by atomic mass is 35.5. The Kier molecular flexibility index (Phi) is 7.91. The van der Waals surface area contributed by atoms with Gasteiger partial charge in [0, 0.05) is 29.7 Å². The minimum absolute atomic E-state index is 0.0522. The van der Waals surface area contributed by atoms with Crippen molar-refractivity contribution < 1.29 is 23.8 Å². The molecule has 0 bridgehead atoms. The molecule has 0 spiro atoms. The summed E-state index contributed by atoms with van der Waals surface area (Å²) in [6.07, 6.45) is 0.449. The second-order valence-electron chi connectivity index (χ2n) is 9.29. The van der Waals surface area contributed by atoms with Gasteiger partial charge in [0.1, 0.15) is 12.4 Å². The van der Waals surface area contributed by atoms with Crippen LogP contribution in [0.1, 0.15) is 24.0 Å². The van der Waals surface area contributed by atoms with Crippen molar-refractivity contribution in [2.45, 2.75) is 31.9 Å². The van der Waals surface area contributed by atoms with Gasteiger partial charge < -0.3 is 20.5 Å². The number of ether oxygens (including phenoxy) is 1. The van der Waals surface area contributed by atoms with E-state index in [1.807, 2.05) is 42.5 Å². The zero-order valence-corrected chi connectivity index (χ0v) is 20.5. The number of carboxylic acids is 1. The lowest BCUT2D eigenvalue weighted by atomic mass is 9.79. The van der Waals surface area contributed by atoms with Crippen LogP contribution >= 0.6 is 11.6 Å². The maximum Gasteiger partial charge on any atom is 0.410 e. The molecular weight excluding hydrogens is 483 g/mol. The largest absolute Gasteiger partial charge is 0.481 e. The predicted octanol–water partition coefficient (Wildman–Crippen LogP) is 5.52. The summed E-state index contributed by atoms with van der Waals surface area (Å²) >= 11 is 6.00. The van der Waals surface area contributed by atoms with Gasteiger partial charge in [-0.25, -0.2) is 9.18 Å². The van der Waals surface area contributed by atoms with Gasteiger partial charge in [-0.3, -0.25) is 4.79 Å². The number of nitrogens with zero attached hydrogens (tertiary/aromatic N) is 1. The molecule has 2 atom stereocenters. The van der Waals surface area contributed by atoms with Crippen molar-refractivity contribution >= 4 is 23.7 Å². The standard InChI is InChI=1S/C28H28ClFN2O4/c29-22-10-11-25(30)24(15-22)21-8-6-19(7-9-21)14-23(31)16-28(26(33)34)12-13-32(18-28)27(35)36-17-20-4-2-1-3-5-20/h1-11,15,23H,12-14,16-18,31H2,(H,33,34)/t23-,28?/m0/s1. The Morgan fingerprint density at radius 1 is 1.08 bits per heavy atom. The van der Waals surface area contributed by atoms with Crippen LogP contribution < -0.4 is 5.73 Å². The molecule has 1 unspecified atom stereocenters. The quantitative estimate of drug-likeness (QED) is 0.416. The lowest BCUT2D eigenvalue weighted by Crippen LogP contribution is -2.42. The van der Waals surface area contributed by atoms with Crippen molar-refractivity contribution in [3.05, 3.63) is 94.8 Å². The molecule has 0 radical (unpaired) electrons. The first-order chi connectivity index (χ1) is 17.3. The number of amides is 1. The second-order valence-corrected chi connectivity index (χ2v) is 9.72. The first-order valence-corrected chi connectivity index (χ1v) is 12.1. The molecule has 1 aliphatic rings. The number of hydrogen-bond donors (Lipinski definition) is 2. The topological polar surface area (TPSA) is 92.9 Å². The Labute approximate surface area is 214 Å². The van der Waals surface area contributed by atoms with Crippen molar-refractivity contribution in [2.24, 2.45) is 11.1 Å². The summed E-state index contributed by atoms with van der Waals surface area (Å²) in [5, 5.41) is 10.5. The van der Waals surface area contributed by atoms with Crippen LogP contribution in [0.3, 0.4) is 0 Å². The third kappa shape index (κ3) is 6.04. The van der Waals surface area contributed by atoms with E-state index in [1.165, 1.54) is 17.0 Å². The number of likely N-dealkylation sites (tertiary alicyclic amines) is 1. The smallest absolute Gasteiger partial charge is 0.410 e. The van der Waals surface area contributed by atoms with Crippen LogP contribution in [0.15, 0.2) is 72.8 Å². The molecule has 6 nitrogen and oxygen atoms in total. The summed E-state index contributed by atoms with van der Waals surface area (Å²) < 4.78 is 19.5. The maximum atomic E-state index is 14.2. The molecule has 0 aromatic heterocycles. The van der Waals surface area contributed by atoms with Crippen LogP contribution in [0.2, 0.25) is 5.02 Å².